The summed E-state index contributed by atoms with van der Waals surface area (Å²) in [7, 11) is 2.08. The Morgan fingerprint density at radius 1 is 0.968 bits per heavy atom. The molecule has 0 bridgehead atoms. The van der Waals surface area contributed by atoms with E-state index in [-0.39, 0.29) is 11.3 Å². The van der Waals surface area contributed by atoms with E-state index in [1.165, 1.54) is 62.3 Å². The summed E-state index contributed by atoms with van der Waals surface area (Å²) in [6.45, 7) is 4.97. The Morgan fingerprint density at radius 3 is 2.61 bits per heavy atom. The van der Waals surface area contributed by atoms with Crippen molar-refractivity contribution in [1.29, 1.82) is 0 Å². The molecule has 0 N–H and O–H groups in total. The number of hydrogen-bond acceptors (Lipinski definition) is 1. The minimum Gasteiger partial charge on any atom is -0.341 e. The maximum atomic E-state index is 13.9. The first-order chi connectivity index (χ1) is 15.0. The topological polar surface area (TPSA) is 22.0 Å². The van der Waals surface area contributed by atoms with Crippen LogP contribution in [0.4, 0.5) is 0 Å². The number of carbonyl (C=O) groups is 1. The van der Waals surface area contributed by atoms with E-state index in [4.69, 9.17) is 0 Å². The highest BCUT2D eigenvalue weighted by Crippen LogP contribution is 2.64. The first-order valence-electron chi connectivity index (χ1n) is 13.1. The van der Waals surface area contributed by atoms with Crippen LogP contribution in [0.15, 0.2) is 30.3 Å². The van der Waals surface area contributed by atoms with Gasteiger partial charge in [-0.2, -0.15) is 0 Å². The van der Waals surface area contributed by atoms with Crippen LogP contribution >= 0.6 is 0 Å². The lowest BCUT2D eigenvalue weighted by molar-refractivity contribution is -0.0635. The predicted octanol–water partition coefficient (Wildman–Crippen LogP) is 7.27. The van der Waals surface area contributed by atoms with Gasteiger partial charge in [0.05, 0.1) is 5.69 Å². The van der Waals surface area contributed by atoms with E-state index < -0.39 is 0 Å². The Morgan fingerprint density at radius 2 is 1.77 bits per heavy atom. The number of Topliss-reactive ketones (excluding diaryl/α,β-unsaturated/α-hetero) is 1. The largest absolute Gasteiger partial charge is 0.341 e. The van der Waals surface area contributed by atoms with Gasteiger partial charge in [0, 0.05) is 23.9 Å². The summed E-state index contributed by atoms with van der Waals surface area (Å²) in [6, 6.07) is 10.6. The summed E-state index contributed by atoms with van der Waals surface area (Å²) >= 11 is 0. The maximum absolute atomic E-state index is 13.9. The van der Waals surface area contributed by atoms with E-state index in [0.29, 0.717) is 5.78 Å². The maximum Gasteiger partial charge on any atom is 0.182 e. The molecule has 2 nitrogen and oxygen atoms in total. The van der Waals surface area contributed by atoms with Gasteiger partial charge < -0.3 is 4.57 Å². The Bertz CT molecular complexity index is 1000. The number of rotatable bonds is 2. The number of fused-ring (bicyclic) bond motifs is 6. The summed E-state index contributed by atoms with van der Waals surface area (Å²) in [5.74, 6) is 6.19. The molecule has 0 aliphatic heterocycles. The second kappa shape index (κ2) is 7.22. The van der Waals surface area contributed by atoms with Gasteiger partial charge in [-0.25, -0.2) is 0 Å². The van der Waals surface area contributed by atoms with Gasteiger partial charge >= 0.3 is 0 Å². The molecule has 4 aliphatic carbocycles. The summed E-state index contributed by atoms with van der Waals surface area (Å²) in [5.41, 5.74) is 2.32. The summed E-state index contributed by atoms with van der Waals surface area (Å²) < 4.78 is 2.15. The number of para-hydroxylation sites is 1. The smallest absolute Gasteiger partial charge is 0.182 e. The van der Waals surface area contributed by atoms with E-state index in [9.17, 15) is 4.79 Å². The van der Waals surface area contributed by atoms with Crippen molar-refractivity contribution in [3.05, 3.63) is 36.0 Å². The van der Waals surface area contributed by atoms with Crippen LogP contribution in [0.1, 0.15) is 82.1 Å². The average Bonchev–Trinajstić information content (AvgIpc) is 3.30. The third kappa shape index (κ3) is 2.92. The van der Waals surface area contributed by atoms with Crippen LogP contribution in [0.5, 0.6) is 0 Å². The van der Waals surface area contributed by atoms with Crippen molar-refractivity contribution in [3.63, 3.8) is 0 Å². The minimum absolute atomic E-state index is 0.212. The van der Waals surface area contributed by atoms with Gasteiger partial charge in [-0.1, -0.05) is 38.5 Å². The fraction of sp³-hybridized carbons (Fsp3) is 0.690. The molecular formula is C29H39NO. The summed E-state index contributed by atoms with van der Waals surface area (Å²) in [4.78, 5) is 13.9. The molecule has 2 aromatic rings. The second-order valence-corrected chi connectivity index (χ2v) is 12.0. The molecule has 6 rings (SSSR count). The molecule has 8 atom stereocenters. The molecule has 4 aliphatic rings. The highest BCUT2D eigenvalue weighted by Gasteiger charge is 2.58. The normalized spacial score (nSPS) is 42.1. The van der Waals surface area contributed by atoms with Gasteiger partial charge in [-0.05, 0) is 104 Å². The molecule has 8 unspecified atom stereocenters. The van der Waals surface area contributed by atoms with Crippen LogP contribution in [0, 0.1) is 46.8 Å². The highest BCUT2D eigenvalue weighted by molar-refractivity contribution is 6.01. The van der Waals surface area contributed by atoms with Crippen LogP contribution in [0.25, 0.3) is 10.9 Å². The SMILES string of the molecule is CC1CCC2C(CCC3C2CCC2(C)C(C(=O)c4cc5ccccc5n4C)CCC32)C1. The van der Waals surface area contributed by atoms with Crippen molar-refractivity contribution in [2.45, 2.75) is 71.6 Å². The van der Waals surface area contributed by atoms with Crippen molar-refractivity contribution < 1.29 is 4.79 Å². The zero-order valence-electron chi connectivity index (χ0n) is 19.6. The Labute approximate surface area is 187 Å². The Balaban J connectivity index is 1.27. The summed E-state index contributed by atoms with van der Waals surface area (Å²) in [6.07, 6.45) is 12.4. The number of nitrogens with zero attached hydrogens (tertiary/aromatic N) is 1. The van der Waals surface area contributed by atoms with Crippen molar-refractivity contribution >= 4 is 16.7 Å². The quantitative estimate of drug-likeness (QED) is 0.471. The fourth-order valence-corrected chi connectivity index (χ4v) is 9.22. The first-order valence-corrected chi connectivity index (χ1v) is 13.1. The number of aryl methyl sites for hydroxylation is 1. The molecule has 166 valence electrons. The van der Waals surface area contributed by atoms with E-state index in [0.717, 1.165) is 47.6 Å². The number of ketones is 1. The van der Waals surface area contributed by atoms with Gasteiger partial charge in [0.1, 0.15) is 0 Å². The van der Waals surface area contributed by atoms with E-state index in [2.05, 4.69) is 55.8 Å². The lowest BCUT2D eigenvalue weighted by Gasteiger charge is -2.56. The fourth-order valence-electron chi connectivity index (χ4n) is 9.22. The molecule has 1 aromatic carbocycles. The van der Waals surface area contributed by atoms with Crippen LogP contribution in [0.3, 0.4) is 0 Å². The molecule has 0 radical (unpaired) electrons. The van der Waals surface area contributed by atoms with Gasteiger partial charge in [0.25, 0.3) is 0 Å². The Hall–Kier alpha value is -1.57. The predicted molar refractivity (Wildman–Crippen MR) is 127 cm³/mol. The van der Waals surface area contributed by atoms with Gasteiger partial charge in [-0.15, -0.1) is 0 Å². The van der Waals surface area contributed by atoms with Crippen molar-refractivity contribution in [3.8, 4) is 0 Å². The monoisotopic (exact) mass is 417 g/mol. The second-order valence-electron chi connectivity index (χ2n) is 12.0. The zero-order chi connectivity index (χ0) is 21.3. The molecule has 4 fully saturated rings. The molecule has 31 heavy (non-hydrogen) atoms. The molecule has 4 saturated carbocycles. The Kier molecular flexibility index (Phi) is 4.67. The molecule has 0 amide bonds. The van der Waals surface area contributed by atoms with Gasteiger partial charge in [0.2, 0.25) is 0 Å². The molecule has 0 saturated heterocycles. The number of benzene rings is 1. The van der Waals surface area contributed by atoms with E-state index in [1.807, 2.05) is 0 Å². The zero-order valence-corrected chi connectivity index (χ0v) is 19.6. The summed E-state index contributed by atoms with van der Waals surface area (Å²) in [5, 5.41) is 1.20. The van der Waals surface area contributed by atoms with Crippen LogP contribution in [0.2, 0.25) is 0 Å². The van der Waals surface area contributed by atoms with Crippen molar-refractivity contribution in [2.75, 3.05) is 0 Å². The third-order valence-corrected chi connectivity index (χ3v) is 10.7. The average molecular weight is 418 g/mol. The minimum atomic E-state index is 0.212. The van der Waals surface area contributed by atoms with Crippen LogP contribution in [-0.4, -0.2) is 10.4 Å². The molecule has 1 heterocycles. The number of aromatic nitrogens is 1. The third-order valence-electron chi connectivity index (χ3n) is 10.7. The van der Waals surface area contributed by atoms with Gasteiger partial charge in [-0.3, -0.25) is 4.79 Å². The molecular weight excluding hydrogens is 378 g/mol. The number of carbonyl (C=O) groups excluding carboxylic acids is 1. The van der Waals surface area contributed by atoms with E-state index >= 15 is 0 Å². The molecule has 1 aromatic heterocycles. The highest BCUT2D eigenvalue weighted by atomic mass is 16.1. The van der Waals surface area contributed by atoms with Crippen LogP contribution in [-0.2, 0) is 7.05 Å². The first kappa shape index (κ1) is 20.1. The van der Waals surface area contributed by atoms with Crippen LogP contribution < -0.4 is 0 Å². The lowest BCUT2D eigenvalue weighted by Crippen LogP contribution is -2.49. The molecule has 2 heteroatoms. The molecule has 0 spiro atoms. The van der Waals surface area contributed by atoms with Crippen molar-refractivity contribution in [2.24, 2.45) is 53.9 Å². The standard InChI is InChI=1S/C29H39NO/c1-18-8-10-21-19(16-18)9-11-23-22(21)14-15-29(2)24(23)12-13-25(29)28(31)27-17-20-6-4-5-7-26(20)30(27)3/h4-7,17-19,21-25H,8-16H2,1-3H3. The van der Waals surface area contributed by atoms with E-state index in [1.54, 1.807) is 0 Å². The van der Waals surface area contributed by atoms with Gasteiger partial charge in [0.15, 0.2) is 5.78 Å². The lowest BCUT2D eigenvalue weighted by atomic mass is 9.49. The van der Waals surface area contributed by atoms with Crippen molar-refractivity contribution in [1.82, 2.24) is 4.57 Å². The number of hydrogen-bond donors (Lipinski definition) is 0.